The third-order valence-corrected chi connectivity index (χ3v) is 2.64. The van der Waals surface area contributed by atoms with E-state index in [1.807, 2.05) is 13.8 Å². The quantitative estimate of drug-likeness (QED) is 0.820. The van der Waals surface area contributed by atoms with Crippen LogP contribution in [0.25, 0.3) is 0 Å². The SMILES string of the molecule is CCC(=O)C(O)(c1ccccn1)C(C)C. The minimum atomic E-state index is -1.45. The van der Waals surface area contributed by atoms with Crippen molar-refractivity contribution in [1.29, 1.82) is 0 Å². The fourth-order valence-corrected chi connectivity index (χ4v) is 1.62. The van der Waals surface area contributed by atoms with Gasteiger partial charge in [-0.25, -0.2) is 0 Å². The molecule has 0 saturated carbocycles. The van der Waals surface area contributed by atoms with Crippen LogP contribution in [-0.4, -0.2) is 15.9 Å². The molecule has 82 valence electrons. The Morgan fingerprint density at radius 3 is 2.60 bits per heavy atom. The zero-order chi connectivity index (χ0) is 11.5. The molecule has 1 aromatic heterocycles. The highest BCUT2D eigenvalue weighted by atomic mass is 16.3. The monoisotopic (exact) mass is 207 g/mol. The molecule has 3 heteroatoms. The summed E-state index contributed by atoms with van der Waals surface area (Å²) in [5, 5.41) is 10.4. The van der Waals surface area contributed by atoms with Crippen molar-refractivity contribution in [3.63, 3.8) is 0 Å². The first-order valence-corrected chi connectivity index (χ1v) is 5.20. The van der Waals surface area contributed by atoms with Gasteiger partial charge < -0.3 is 5.11 Å². The van der Waals surface area contributed by atoms with E-state index in [0.717, 1.165) is 0 Å². The van der Waals surface area contributed by atoms with E-state index < -0.39 is 5.60 Å². The third kappa shape index (κ3) is 2.07. The summed E-state index contributed by atoms with van der Waals surface area (Å²) < 4.78 is 0. The summed E-state index contributed by atoms with van der Waals surface area (Å²) in [6, 6.07) is 5.23. The van der Waals surface area contributed by atoms with Crippen LogP contribution in [0.1, 0.15) is 32.9 Å². The average molecular weight is 207 g/mol. The molecule has 0 spiro atoms. The number of pyridine rings is 1. The summed E-state index contributed by atoms with van der Waals surface area (Å²) in [6.45, 7) is 5.39. The molecule has 0 bridgehead atoms. The fourth-order valence-electron chi connectivity index (χ4n) is 1.62. The number of rotatable bonds is 4. The first-order valence-electron chi connectivity index (χ1n) is 5.20. The van der Waals surface area contributed by atoms with E-state index in [9.17, 15) is 9.90 Å². The maximum atomic E-state index is 11.8. The van der Waals surface area contributed by atoms with Gasteiger partial charge in [-0.3, -0.25) is 9.78 Å². The van der Waals surface area contributed by atoms with Gasteiger partial charge in [0.05, 0.1) is 5.69 Å². The largest absolute Gasteiger partial charge is 0.375 e. The Balaban J connectivity index is 3.19. The molecule has 1 heterocycles. The molecule has 0 amide bonds. The van der Waals surface area contributed by atoms with Crippen LogP contribution in [0.5, 0.6) is 0 Å². The zero-order valence-corrected chi connectivity index (χ0v) is 9.40. The maximum Gasteiger partial charge on any atom is 0.170 e. The third-order valence-electron chi connectivity index (χ3n) is 2.64. The molecule has 1 atom stereocenters. The van der Waals surface area contributed by atoms with Gasteiger partial charge in [-0.2, -0.15) is 0 Å². The molecule has 1 aromatic rings. The lowest BCUT2D eigenvalue weighted by atomic mass is 9.82. The number of hydrogen-bond donors (Lipinski definition) is 1. The molecule has 1 rings (SSSR count). The van der Waals surface area contributed by atoms with Gasteiger partial charge in [-0.05, 0) is 18.1 Å². The zero-order valence-electron chi connectivity index (χ0n) is 9.40. The fraction of sp³-hybridized carbons (Fsp3) is 0.500. The Labute approximate surface area is 90.2 Å². The van der Waals surface area contributed by atoms with Gasteiger partial charge in [-0.15, -0.1) is 0 Å². The predicted molar refractivity (Wildman–Crippen MR) is 58.3 cm³/mol. The Kier molecular flexibility index (Phi) is 3.58. The van der Waals surface area contributed by atoms with Gasteiger partial charge in [0.15, 0.2) is 11.4 Å². The van der Waals surface area contributed by atoms with Crippen molar-refractivity contribution < 1.29 is 9.90 Å². The molecular weight excluding hydrogens is 190 g/mol. The van der Waals surface area contributed by atoms with Crippen LogP contribution < -0.4 is 0 Å². The van der Waals surface area contributed by atoms with Crippen LogP contribution in [0.4, 0.5) is 0 Å². The minimum absolute atomic E-state index is 0.181. The molecule has 0 fully saturated rings. The van der Waals surface area contributed by atoms with E-state index >= 15 is 0 Å². The molecule has 15 heavy (non-hydrogen) atoms. The second-order valence-electron chi connectivity index (χ2n) is 3.91. The second-order valence-corrected chi connectivity index (χ2v) is 3.91. The molecule has 1 unspecified atom stereocenters. The van der Waals surface area contributed by atoms with Crippen LogP contribution in [-0.2, 0) is 10.4 Å². The van der Waals surface area contributed by atoms with Crippen molar-refractivity contribution in [2.45, 2.75) is 32.8 Å². The standard InChI is InChI=1S/C12H17NO2/c1-4-11(14)12(15,9(2)3)10-7-5-6-8-13-10/h5-9,15H,4H2,1-3H3. The smallest absolute Gasteiger partial charge is 0.170 e. The molecule has 0 saturated heterocycles. The number of aliphatic hydroxyl groups is 1. The van der Waals surface area contributed by atoms with Gasteiger partial charge in [0, 0.05) is 12.6 Å². The summed E-state index contributed by atoms with van der Waals surface area (Å²) in [5.41, 5.74) is -1.01. The highest BCUT2D eigenvalue weighted by Crippen LogP contribution is 2.29. The van der Waals surface area contributed by atoms with E-state index in [4.69, 9.17) is 0 Å². The Morgan fingerprint density at radius 2 is 2.20 bits per heavy atom. The lowest BCUT2D eigenvalue weighted by Crippen LogP contribution is -2.41. The van der Waals surface area contributed by atoms with E-state index in [2.05, 4.69) is 4.98 Å². The Morgan fingerprint density at radius 1 is 1.53 bits per heavy atom. The lowest BCUT2D eigenvalue weighted by Gasteiger charge is -2.29. The molecule has 0 aliphatic heterocycles. The van der Waals surface area contributed by atoms with Crippen molar-refractivity contribution in [1.82, 2.24) is 4.98 Å². The number of Topliss-reactive ketones (excluding diaryl/α,β-unsaturated/α-hetero) is 1. The molecule has 0 aliphatic carbocycles. The first kappa shape index (κ1) is 11.9. The van der Waals surface area contributed by atoms with Crippen LogP contribution >= 0.6 is 0 Å². The first-order chi connectivity index (χ1) is 7.03. The molecule has 0 aromatic carbocycles. The summed E-state index contributed by atoms with van der Waals surface area (Å²) in [7, 11) is 0. The summed E-state index contributed by atoms with van der Waals surface area (Å²) in [6.07, 6.45) is 1.90. The van der Waals surface area contributed by atoms with Gasteiger partial charge in [0.25, 0.3) is 0 Å². The molecule has 1 N–H and O–H groups in total. The van der Waals surface area contributed by atoms with Crippen LogP contribution in [0.15, 0.2) is 24.4 Å². The highest BCUT2D eigenvalue weighted by Gasteiger charge is 2.40. The van der Waals surface area contributed by atoms with Gasteiger partial charge in [-0.1, -0.05) is 26.8 Å². The second kappa shape index (κ2) is 4.53. The van der Waals surface area contributed by atoms with Crippen molar-refractivity contribution >= 4 is 5.78 Å². The molecular formula is C12H17NO2. The Hall–Kier alpha value is -1.22. The van der Waals surface area contributed by atoms with Crippen molar-refractivity contribution in [3.8, 4) is 0 Å². The normalized spacial score (nSPS) is 15.0. The van der Waals surface area contributed by atoms with Crippen LogP contribution in [0, 0.1) is 5.92 Å². The number of hydrogen-bond acceptors (Lipinski definition) is 3. The Bertz CT molecular complexity index is 335. The number of carbonyl (C=O) groups excluding carboxylic acids is 1. The molecule has 0 aliphatic rings. The lowest BCUT2D eigenvalue weighted by molar-refractivity contribution is -0.143. The van der Waals surface area contributed by atoms with E-state index in [-0.39, 0.29) is 11.7 Å². The number of nitrogens with zero attached hydrogens (tertiary/aromatic N) is 1. The van der Waals surface area contributed by atoms with Crippen molar-refractivity contribution in [3.05, 3.63) is 30.1 Å². The predicted octanol–water partition coefficient (Wildman–Crippen LogP) is 1.90. The maximum absolute atomic E-state index is 11.8. The van der Waals surface area contributed by atoms with Crippen LogP contribution in [0.2, 0.25) is 0 Å². The molecule has 0 radical (unpaired) electrons. The topological polar surface area (TPSA) is 50.2 Å². The van der Waals surface area contributed by atoms with E-state index in [1.54, 1.807) is 31.3 Å². The summed E-state index contributed by atoms with van der Waals surface area (Å²) in [4.78, 5) is 15.9. The summed E-state index contributed by atoms with van der Waals surface area (Å²) >= 11 is 0. The number of carbonyl (C=O) groups is 1. The van der Waals surface area contributed by atoms with Crippen LogP contribution in [0.3, 0.4) is 0 Å². The van der Waals surface area contributed by atoms with Gasteiger partial charge >= 0.3 is 0 Å². The van der Waals surface area contributed by atoms with E-state index in [0.29, 0.717) is 12.1 Å². The minimum Gasteiger partial charge on any atom is -0.375 e. The molecule has 3 nitrogen and oxygen atoms in total. The van der Waals surface area contributed by atoms with E-state index in [1.165, 1.54) is 0 Å². The van der Waals surface area contributed by atoms with Gasteiger partial charge in [0.1, 0.15) is 0 Å². The van der Waals surface area contributed by atoms with Crippen molar-refractivity contribution in [2.24, 2.45) is 5.92 Å². The number of aromatic nitrogens is 1. The summed E-state index contributed by atoms with van der Waals surface area (Å²) in [5.74, 6) is -0.365. The number of ketones is 1. The van der Waals surface area contributed by atoms with Gasteiger partial charge in [0.2, 0.25) is 0 Å². The van der Waals surface area contributed by atoms with Crippen molar-refractivity contribution in [2.75, 3.05) is 0 Å². The highest BCUT2D eigenvalue weighted by molar-refractivity contribution is 5.87. The average Bonchev–Trinajstić information content (AvgIpc) is 2.27.